The highest BCUT2D eigenvalue weighted by Gasteiger charge is 2.23. The van der Waals surface area contributed by atoms with Gasteiger partial charge in [0.2, 0.25) is 5.91 Å². The second-order valence-corrected chi connectivity index (χ2v) is 8.69. The molecule has 144 valence electrons. The van der Waals surface area contributed by atoms with Crippen LogP contribution in [0.1, 0.15) is 25.8 Å². The van der Waals surface area contributed by atoms with Crippen LogP contribution in [0, 0.1) is 11.8 Å². The van der Waals surface area contributed by atoms with Crippen LogP contribution in [0.25, 0.3) is 0 Å². The first-order chi connectivity index (χ1) is 13.0. The highest BCUT2D eigenvalue weighted by molar-refractivity contribution is 7.99. The number of thioether (sulfide) groups is 1. The van der Waals surface area contributed by atoms with Gasteiger partial charge in [-0.2, -0.15) is 0 Å². The average Bonchev–Trinajstić information content (AvgIpc) is 2.65. The van der Waals surface area contributed by atoms with E-state index in [0.717, 1.165) is 29.5 Å². The zero-order valence-electron chi connectivity index (χ0n) is 15.7. The van der Waals surface area contributed by atoms with Gasteiger partial charge in [-0.25, -0.2) is 9.97 Å². The molecule has 1 aliphatic rings. The Labute approximate surface area is 169 Å². The Hall–Kier alpha value is -1.79. The van der Waals surface area contributed by atoms with Crippen LogP contribution in [0.15, 0.2) is 41.7 Å². The van der Waals surface area contributed by atoms with Crippen molar-refractivity contribution in [3.8, 4) is 0 Å². The number of halogens is 1. The van der Waals surface area contributed by atoms with Crippen molar-refractivity contribution in [1.82, 2.24) is 15.3 Å². The number of hydrogen-bond acceptors (Lipinski definition) is 5. The van der Waals surface area contributed by atoms with Gasteiger partial charge in [-0.3, -0.25) is 4.79 Å². The van der Waals surface area contributed by atoms with Crippen molar-refractivity contribution in [3.05, 3.63) is 47.2 Å². The molecule has 0 aliphatic carbocycles. The van der Waals surface area contributed by atoms with Crippen LogP contribution < -0.4 is 10.2 Å². The number of anilines is 1. The van der Waals surface area contributed by atoms with Crippen molar-refractivity contribution in [3.63, 3.8) is 0 Å². The number of amides is 1. The standard InChI is InChI=1S/C20H25ClN4OS/c1-14-7-15(2)11-25(10-14)18-8-20(24-13-23-18)27-12-19(26)22-9-16-3-5-17(21)6-4-16/h3-6,8,13-15H,7,9-12H2,1-2H3,(H,22,26)/t14-,15-/m1/s1. The Kier molecular flexibility index (Phi) is 6.96. The van der Waals surface area contributed by atoms with E-state index in [2.05, 4.69) is 34.0 Å². The van der Waals surface area contributed by atoms with Crippen molar-refractivity contribution in [1.29, 1.82) is 0 Å². The summed E-state index contributed by atoms with van der Waals surface area (Å²) in [5.74, 6) is 2.59. The Morgan fingerprint density at radius 1 is 1.22 bits per heavy atom. The van der Waals surface area contributed by atoms with Gasteiger partial charge in [0.1, 0.15) is 17.2 Å². The molecule has 0 radical (unpaired) electrons. The first-order valence-electron chi connectivity index (χ1n) is 9.20. The maximum absolute atomic E-state index is 12.1. The van der Waals surface area contributed by atoms with E-state index in [4.69, 9.17) is 11.6 Å². The summed E-state index contributed by atoms with van der Waals surface area (Å²) < 4.78 is 0. The molecule has 7 heteroatoms. The van der Waals surface area contributed by atoms with E-state index in [1.807, 2.05) is 30.3 Å². The second kappa shape index (κ2) is 9.42. The third-order valence-electron chi connectivity index (χ3n) is 4.57. The molecule has 0 bridgehead atoms. The number of carbonyl (C=O) groups excluding carboxylic acids is 1. The lowest BCUT2D eigenvalue weighted by Gasteiger charge is -2.35. The molecule has 0 saturated carbocycles. The number of carbonyl (C=O) groups is 1. The highest BCUT2D eigenvalue weighted by Crippen LogP contribution is 2.26. The molecular formula is C20H25ClN4OS. The molecule has 2 aromatic rings. The molecule has 1 aliphatic heterocycles. The molecule has 1 saturated heterocycles. The van der Waals surface area contributed by atoms with Crippen LogP contribution in [-0.4, -0.2) is 34.7 Å². The maximum Gasteiger partial charge on any atom is 0.230 e. The first-order valence-corrected chi connectivity index (χ1v) is 10.6. The fourth-order valence-electron chi connectivity index (χ4n) is 3.43. The molecule has 27 heavy (non-hydrogen) atoms. The smallest absolute Gasteiger partial charge is 0.230 e. The fraction of sp³-hybridized carbons (Fsp3) is 0.450. The van der Waals surface area contributed by atoms with E-state index >= 15 is 0 Å². The molecule has 3 rings (SSSR count). The summed E-state index contributed by atoms with van der Waals surface area (Å²) in [5.41, 5.74) is 1.02. The zero-order valence-corrected chi connectivity index (χ0v) is 17.3. The summed E-state index contributed by atoms with van der Waals surface area (Å²) in [5, 5.41) is 4.44. The molecule has 0 spiro atoms. The summed E-state index contributed by atoms with van der Waals surface area (Å²) in [6.07, 6.45) is 2.85. The largest absolute Gasteiger partial charge is 0.356 e. The Balaban J connectivity index is 1.50. The topological polar surface area (TPSA) is 58.1 Å². The van der Waals surface area contributed by atoms with Gasteiger partial charge >= 0.3 is 0 Å². The molecule has 1 aromatic carbocycles. The van der Waals surface area contributed by atoms with Crippen molar-refractivity contribution in [2.24, 2.45) is 11.8 Å². The summed E-state index contributed by atoms with van der Waals surface area (Å²) in [4.78, 5) is 23.2. The van der Waals surface area contributed by atoms with Crippen LogP contribution in [0.3, 0.4) is 0 Å². The van der Waals surface area contributed by atoms with Crippen LogP contribution in [-0.2, 0) is 11.3 Å². The molecule has 0 unspecified atom stereocenters. The van der Waals surface area contributed by atoms with E-state index in [-0.39, 0.29) is 5.91 Å². The first kappa shape index (κ1) is 20.0. The number of hydrogen-bond donors (Lipinski definition) is 1. The molecule has 1 N–H and O–H groups in total. The van der Waals surface area contributed by atoms with E-state index in [0.29, 0.717) is 29.2 Å². The minimum atomic E-state index is -0.0182. The second-order valence-electron chi connectivity index (χ2n) is 7.26. The lowest BCUT2D eigenvalue weighted by atomic mass is 9.92. The lowest BCUT2D eigenvalue weighted by Crippen LogP contribution is -2.39. The normalized spacial score (nSPS) is 19.7. The fourth-order valence-corrected chi connectivity index (χ4v) is 4.24. The Morgan fingerprint density at radius 3 is 2.63 bits per heavy atom. The number of rotatable bonds is 6. The SMILES string of the molecule is C[C@@H]1C[C@@H](C)CN(c2cc(SCC(=O)NCc3ccc(Cl)cc3)ncn2)C1. The van der Waals surface area contributed by atoms with Crippen LogP contribution in [0.5, 0.6) is 0 Å². The van der Waals surface area contributed by atoms with E-state index in [1.165, 1.54) is 18.2 Å². The summed E-state index contributed by atoms with van der Waals surface area (Å²) in [6, 6.07) is 9.45. The Bertz CT molecular complexity index is 761. The lowest BCUT2D eigenvalue weighted by molar-refractivity contribution is -0.118. The quantitative estimate of drug-likeness (QED) is 0.582. The van der Waals surface area contributed by atoms with E-state index < -0.39 is 0 Å². The van der Waals surface area contributed by atoms with Crippen molar-refractivity contribution in [2.75, 3.05) is 23.7 Å². The zero-order chi connectivity index (χ0) is 19.2. The van der Waals surface area contributed by atoms with Gasteiger partial charge in [0.05, 0.1) is 5.75 Å². The summed E-state index contributed by atoms with van der Waals surface area (Å²) in [7, 11) is 0. The predicted octanol–water partition coefficient (Wildman–Crippen LogP) is 4.02. The highest BCUT2D eigenvalue weighted by atomic mass is 35.5. The van der Waals surface area contributed by atoms with Gasteiger partial charge in [-0.15, -0.1) is 0 Å². The van der Waals surface area contributed by atoms with Crippen molar-refractivity contribution < 1.29 is 4.79 Å². The summed E-state index contributed by atoms with van der Waals surface area (Å²) in [6.45, 7) is 7.10. The molecule has 1 amide bonds. The minimum absolute atomic E-state index is 0.0182. The summed E-state index contributed by atoms with van der Waals surface area (Å²) >= 11 is 7.31. The van der Waals surface area contributed by atoms with Gasteiger partial charge in [-0.1, -0.05) is 49.3 Å². The molecule has 1 fully saturated rings. The monoisotopic (exact) mass is 404 g/mol. The molecular weight excluding hydrogens is 380 g/mol. The predicted molar refractivity (Wildman–Crippen MR) is 111 cm³/mol. The van der Waals surface area contributed by atoms with Gasteiger partial charge in [0.15, 0.2) is 0 Å². The van der Waals surface area contributed by atoms with Gasteiger partial charge in [0, 0.05) is 30.7 Å². The van der Waals surface area contributed by atoms with E-state index in [1.54, 1.807) is 6.33 Å². The van der Waals surface area contributed by atoms with Crippen LogP contribution in [0.4, 0.5) is 5.82 Å². The minimum Gasteiger partial charge on any atom is -0.356 e. The third kappa shape index (κ3) is 6.11. The van der Waals surface area contributed by atoms with Crippen LogP contribution in [0.2, 0.25) is 5.02 Å². The number of piperidine rings is 1. The van der Waals surface area contributed by atoms with Crippen molar-refractivity contribution in [2.45, 2.75) is 31.8 Å². The van der Waals surface area contributed by atoms with Gasteiger partial charge < -0.3 is 10.2 Å². The number of nitrogens with zero attached hydrogens (tertiary/aromatic N) is 3. The molecule has 2 atom stereocenters. The Morgan fingerprint density at radius 2 is 1.93 bits per heavy atom. The maximum atomic E-state index is 12.1. The number of aromatic nitrogens is 2. The van der Waals surface area contributed by atoms with Gasteiger partial charge in [-0.05, 0) is 36.0 Å². The van der Waals surface area contributed by atoms with Crippen LogP contribution >= 0.6 is 23.4 Å². The molecule has 5 nitrogen and oxygen atoms in total. The van der Waals surface area contributed by atoms with Gasteiger partial charge in [0.25, 0.3) is 0 Å². The van der Waals surface area contributed by atoms with Crippen molar-refractivity contribution >= 4 is 35.1 Å². The number of benzene rings is 1. The number of nitrogens with one attached hydrogen (secondary N) is 1. The average molecular weight is 405 g/mol. The van der Waals surface area contributed by atoms with E-state index in [9.17, 15) is 4.79 Å². The molecule has 1 aromatic heterocycles. The molecule has 2 heterocycles. The third-order valence-corrected chi connectivity index (χ3v) is 5.75.